The second-order valence-electron chi connectivity index (χ2n) is 5.25. The van der Waals surface area contributed by atoms with Crippen LogP contribution in [0.1, 0.15) is 62.7 Å². The van der Waals surface area contributed by atoms with Crippen LogP contribution in [0, 0.1) is 5.92 Å². The molecular formula is C16H24O. The Kier molecular flexibility index (Phi) is 4.61. The fourth-order valence-corrected chi connectivity index (χ4v) is 3.03. The molecular weight excluding hydrogens is 208 g/mol. The van der Waals surface area contributed by atoms with E-state index in [-0.39, 0.29) is 6.10 Å². The first-order valence-corrected chi connectivity index (χ1v) is 7.08. The third kappa shape index (κ3) is 3.10. The van der Waals surface area contributed by atoms with Gasteiger partial charge in [-0.15, -0.1) is 0 Å². The lowest BCUT2D eigenvalue weighted by atomic mass is 9.87. The molecule has 1 nitrogen and oxygen atoms in total. The van der Waals surface area contributed by atoms with Gasteiger partial charge in [-0.25, -0.2) is 0 Å². The summed E-state index contributed by atoms with van der Waals surface area (Å²) in [5.74, 6) is 0.477. The zero-order valence-corrected chi connectivity index (χ0v) is 10.9. The highest BCUT2D eigenvalue weighted by atomic mass is 16.3. The highest BCUT2D eigenvalue weighted by molar-refractivity contribution is 5.29. The molecule has 1 N–H and O–H groups in total. The SMILES string of the molecule is CCc1ccccc1C(O)C1CCCCCC1. The fraction of sp³-hybridized carbons (Fsp3) is 0.625. The first kappa shape index (κ1) is 12.6. The Balaban J connectivity index is 2.14. The summed E-state index contributed by atoms with van der Waals surface area (Å²) >= 11 is 0. The molecule has 1 aromatic carbocycles. The van der Waals surface area contributed by atoms with E-state index in [1.165, 1.54) is 49.7 Å². The smallest absolute Gasteiger partial charge is 0.0820 e. The van der Waals surface area contributed by atoms with E-state index in [1.54, 1.807) is 0 Å². The predicted octanol–water partition coefficient (Wildman–Crippen LogP) is 4.25. The van der Waals surface area contributed by atoms with E-state index < -0.39 is 0 Å². The maximum atomic E-state index is 10.6. The Morgan fingerprint density at radius 2 is 1.76 bits per heavy atom. The van der Waals surface area contributed by atoms with Crippen molar-refractivity contribution in [1.82, 2.24) is 0 Å². The van der Waals surface area contributed by atoms with Gasteiger partial charge in [0.25, 0.3) is 0 Å². The van der Waals surface area contributed by atoms with Gasteiger partial charge < -0.3 is 5.11 Å². The van der Waals surface area contributed by atoms with Crippen LogP contribution in [-0.2, 0) is 6.42 Å². The topological polar surface area (TPSA) is 20.2 Å². The number of hydrogen-bond donors (Lipinski definition) is 1. The first-order chi connectivity index (χ1) is 8.33. The van der Waals surface area contributed by atoms with E-state index in [4.69, 9.17) is 0 Å². The largest absolute Gasteiger partial charge is 0.388 e. The van der Waals surface area contributed by atoms with Crippen LogP contribution in [0.5, 0.6) is 0 Å². The molecule has 0 aliphatic heterocycles. The van der Waals surface area contributed by atoms with Crippen LogP contribution in [0.3, 0.4) is 0 Å². The standard InChI is InChI=1S/C16H24O/c1-2-13-9-7-8-12-15(13)16(17)14-10-5-3-4-6-11-14/h7-9,12,14,16-17H,2-6,10-11H2,1H3. The van der Waals surface area contributed by atoms with Crippen LogP contribution in [0.4, 0.5) is 0 Å². The zero-order chi connectivity index (χ0) is 12.1. The summed E-state index contributed by atoms with van der Waals surface area (Å²) in [5, 5.41) is 10.6. The van der Waals surface area contributed by atoms with Gasteiger partial charge >= 0.3 is 0 Å². The molecule has 0 amide bonds. The van der Waals surface area contributed by atoms with Crippen molar-refractivity contribution in [3.63, 3.8) is 0 Å². The molecule has 0 heterocycles. The minimum absolute atomic E-state index is 0.246. The minimum atomic E-state index is -0.246. The highest BCUT2D eigenvalue weighted by Crippen LogP contribution is 2.34. The van der Waals surface area contributed by atoms with Crippen LogP contribution in [0.25, 0.3) is 0 Å². The van der Waals surface area contributed by atoms with Gasteiger partial charge in [-0.05, 0) is 36.3 Å². The molecule has 1 aromatic rings. The van der Waals surface area contributed by atoms with Crippen LogP contribution in [0.15, 0.2) is 24.3 Å². The van der Waals surface area contributed by atoms with Crippen molar-refractivity contribution < 1.29 is 5.11 Å². The summed E-state index contributed by atoms with van der Waals surface area (Å²) in [4.78, 5) is 0. The molecule has 0 radical (unpaired) electrons. The van der Waals surface area contributed by atoms with Gasteiger partial charge in [-0.2, -0.15) is 0 Å². The lowest BCUT2D eigenvalue weighted by Gasteiger charge is -2.23. The number of hydrogen-bond acceptors (Lipinski definition) is 1. The molecule has 1 unspecified atom stereocenters. The quantitative estimate of drug-likeness (QED) is 0.772. The second-order valence-corrected chi connectivity index (χ2v) is 5.25. The van der Waals surface area contributed by atoms with E-state index in [1.807, 2.05) is 0 Å². The molecule has 1 fully saturated rings. The lowest BCUT2D eigenvalue weighted by Crippen LogP contribution is -2.13. The lowest BCUT2D eigenvalue weighted by molar-refractivity contribution is 0.0980. The minimum Gasteiger partial charge on any atom is -0.388 e. The van der Waals surface area contributed by atoms with Gasteiger partial charge in [-0.3, -0.25) is 0 Å². The van der Waals surface area contributed by atoms with E-state index in [9.17, 15) is 5.11 Å². The molecule has 94 valence electrons. The average Bonchev–Trinajstić information content (AvgIpc) is 2.66. The summed E-state index contributed by atoms with van der Waals surface area (Å²) < 4.78 is 0. The van der Waals surface area contributed by atoms with Gasteiger partial charge in [-0.1, -0.05) is 56.9 Å². The van der Waals surface area contributed by atoms with E-state index >= 15 is 0 Å². The molecule has 0 saturated heterocycles. The van der Waals surface area contributed by atoms with Crippen molar-refractivity contribution in [3.05, 3.63) is 35.4 Å². The third-order valence-corrected chi connectivity index (χ3v) is 4.10. The summed E-state index contributed by atoms with van der Waals surface area (Å²) in [7, 11) is 0. The Hall–Kier alpha value is -0.820. The van der Waals surface area contributed by atoms with Gasteiger partial charge in [0, 0.05) is 0 Å². The molecule has 1 saturated carbocycles. The van der Waals surface area contributed by atoms with E-state index in [0.717, 1.165) is 6.42 Å². The van der Waals surface area contributed by atoms with E-state index in [0.29, 0.717) is 5.92 Å². The maximum Gasteiger partial charge on any atom is 0.0820 e. The van der Waals surface area contributed by atoms with Crippen molar-refractivity contribution in [3.8, 4) is 0 Å². The number of benzene rings is 1. The maximum absolute atomic E-state index is 10.6. The average molecular weight is 232 g/mol. The van der Waals surface area contributed by atoms with Crippen LogP contribution in [0.2, 0.25) is 0 Å². The molecule has 0 spiro atoms. The molecule has 0 bridgehead atoms. The predicted molar refractivity (Wildman–Crippen MR) is 72.0 cm³/mol. The molecule has 17 heavy (non-hydrogen) atoms. The van der Waals surface area contributed by atoms with Crippen molar-refractivity contribution in [2.24, 2.45) is 5.92 Å². The Bertz CT molecular complexity index is 337. The fourth-order valence-electron chi connectivity index (χ4n) is 3.03. The molecule has 1 atom stereocenters. The monoisotopic (exact) mass is 232 g/mol. The number of aliphatic hydroxyl groups is 1. The van der Waals surface area contributed by atoms with Gasteiger partial charge in [0.15, 0.2) is 0 Å². The van der Waals surface area contributed by atoms with Crippen molar-refractivity contribution in [2.45, 2.75) is 58.0 Å². The molecule has 1 aliphatic carbocycles. The van der Waals surface area contributed by atoms with Gasteiger partial charge in [0.2, 0.25) is 0 Å². The third-order valence-electron chi connectivity index (χ3n) is 4.10. The molecule has 1 heteroatoms. The second kappa shape index (κ2) is 6.20. The van der Waals surface area contributed by atoms with Crippen molar-refractivity contribution >= 4 is 0 Å². The summed E-state index contributed by atoms with van der Waals surface area (Å²) in [6, 6.07) is 8.38. The van der Waals surface area contributed by atoms with Crippen LogP contribution < -0.4 is 0 Å². The first-order valence-electron chi connectivity index (χ1n) is 7.08. The Morgan fingerprint density at radius 3 is 2.41 bits per heavy atom. The number of rotatable bonds is 3. The van der Waals surface area contributed by atoms with Gasteiger partial charge in [0.1, 0.15) is 0 Å². The Morgan fingerprint density at radius 1 is 1.12 bits per heavy atom. The van der Waals surface area contributed by atoms with Crippen molar-refractivity contribution in [2.75, 3.05) is 0 Å². The van der Waals surface area contributed by atoms with Gasteiger partial charge in [0.05, 0.1) is 6.10 Å². The normalized spacial score (nSPS) is 19.9. The zero-order valence-electron chi connectivity index (χ0n) is 10.9. The number of aliphatic hydroxyl groups excluding tert-OH is 1. The Labute approximate surface area is 105 Å². The van der Waals surface area contributed by atoms with Crippen LogP contribution in [-0.4, -0.2) is 5.11 Å². The van der Waals surface area contributed by atoms with Crippen molar-refractivity contribution in [1.29, 1.82) is 0 Å². The summed E-state index contributed by atoms with van der Waals surface area (Å²) in [6.45, 7) is 2.17. The highest BCUT2D eigenvalue weighted by Gasteiger charge is 2.23. The molecule has 2 rings (SSSR count). The summed E-state index contributed by atoms with van der Waals surface area (Å²) in [5.41, 5.74) is 2.48. The number of aryl methyl sites for hydroxylation is 1. The molecule has 0 aromatic heterocycles. The molecule has 1 aliphatic rings. The van der Waals surface area contributed by atoms with Crippen LogP contribution >= 0.6 is 0 Å². The van der Waals surface area contributed by atoms with E-state index in [2.05, 4.69) is 31.2 Å². The summed E-state index contributed by atoms with van der Waals surface area (Å²) in [6.07, 6.45) is 8.42.